The van der Waals surface area contributed by atoms with Crippen LogP contribution in [0.3, 0.4) is 0 Å². The fourth-order valence-corrected chi connectivity index (χ4v) is 3.06. The van der Waals surface area contributed by atoms with Gasteiger partial charge in [-0.2, -0.15) is 0 Å². The second-order valence-corrected chi connectivity index (χ2v) is 6.67. The minimum atomic E-state index is -0.181. The Kier molecular flexibility index (Phi) is 5.96. The van der Waals surface area contributed by atoms with E-state index >= 15 is 0 Å². The monoisotopic (exact) mass is 327 g/mol. The lowest BCUT2D eigenvalue weighted by molar-refractivity contribution is 0.0943. The van der Waals surface area contributed by atoms with E-state index < -0.39 is 0 Å². The normalized spacial score (nSPS) is 17.8. The Balaban J connectivity index is 1.70. The predicted octanol–water partition coefficient (Wildman–Crippen LogP) is 2.16. The summed E-state index contributed by atoms with van der Waals surface area (Å²) < 4.78 is 5.49. The Hall–Kier alpha value is -1.18. The van der Waals surface area contributed by atoms with Gasteiger partial charge in [0, 0.05) is 23.4 Å². The third-order valence-electron chi connectivity index (χ3n) is 3.25. The minimum Gasteiger partial charge on any atom is -0.376 e. The molecule has 0 aliphatic carbocycles. The molecule has 1 saturated heterocycles. The second kappa shape index (κ2) is 7.72. The largest absolute Gasteiger partial charge is 0.376 e. The number of hydrazine groups is 1. The number of rotatable bonds is 4. The van der Waals surface area contributed by atoms with Crippen molar-refractivity contribution in [2.75, 3.05) is 13.2 Å². The quantitative estimate of drug-likeness (QED) is 0.584. The zero-order valence-corrected chi connectivity index (χ0v) is 13.9. The summed E-state index contributed by atoms with van der Waals surface area (Å²) in [5.74, 6) is 0.248. The lowest BCUT2D eigenvalue weighted by Gasteiger charge is -2.14. The summed E-state index contributed by atoms with van der Waals surface area (Å²) in [6.45, 7) is 5.70. The van der Waals surface area contributed by atoms with Crippen LogP contribution in [0.15, 0.2) is 11.4 Å². The number of thiocarbonyl (C=S) groups is 1. The van der Waals surface area contributed by atoms with Crippen molar-refractivity contribution >= 4 is 34.6 Å². The lowest BCUT2D eigenvalue weighted by atomic mass is 10.1. The topological polar surface area (TPSA) is 62.4 Å². The maximum absolute atomic E-state index is 12.0. The highest BCUT2D eigenvalue weighted by Crippen LogP contribution is 2.22. The number of ether oxygens (including phenoxy) is 1. The molecule has 1 fully saturated rings. The molecule has 0 bridgehead atoms. The average molecular weight is 327 g/mol. The van der Waals surface area contributed by atoms with E-state index in [0.717, 1.165) is 19.4 Å². The Morgan fingerprint density at radius 1 is 1.52 bits per heavy atom. The van der Waals surface area contributed by atoms with Gasteiger partial charge in [0.05, 0.1) is 11.7 Å². The van der Waals surface area contributed by atoms with Gasteiger partial charge in [-0.1, -0.05) is 13.8 Å². The lowest BCUT2D eigenvalue weighted by Crippen LogP contribution is -2.48. The molecule has 0 spiro atoms. The van der Waals surface area contributed by atoms with E-state index in [1.165, 1.54) is 4.88 Å². The van der Waals surface area contributed by atoms with Gasteiger partial charge in [-0.25, -0.2) is 0 Å². The zero-order chi connectivity index (χ0) is 15.2. The molecule has 2 heterocycles. The zero-order valence-electron chi connectivity index (χ0n) is 12.3. The first kappa shape index (κ1) is 16.2. The van der Waals surface area contributed by atoms with E-state index in [9.17, 15) is 4.79 Å². The van der Waals surface area contributed by atoms with Crippen LogP contribution in [0.2, 0.25) is 0 Å². The standard InChI is InChI=1S/C14H21N3O2S2/c1-9(2)12-6-10(8-21-12)13(18)16-17-14(20)15-7-11-4-3-5-19-11/h6,8-9,11H,3-5,7H2,1-2H3,(H,16,18)(H2,15,17,20). The molecule has 116 valence electrons. The van der Waals surface area contributed by atoms with Gasteiger partial charge in [-0.3, -0.25) is 15.6 Å². The van der Waals surface area contributed by atoms with Crippen molar-refractivity contribution in [1.29, 1.82) is 0 Å². The van der Waals surface area contributed by atoms with Crippen molar-refractivity contribution in [3.05, 3.63) is 21.9 Å². The molecule has 1 aliphatic rings. The van der Waals surface area contributed by atoms with Crippen molar-refractivity contribution in [2.45, 2.75) is 38.7 Å². The summed E-state index contributed by atoms with van der Waals surface area (Å²) in [4.78, 5) is 13.2. The van der Waals surface area contributed by atoms with E-state index in [-0.39, 0.29) is 12.0 Å². The van der Waals surface area contributed by atoms with Gasteiger partial charge < -0.3 is 10.1 Å². The van der Waals surface area contributed by atoms with Crippen molar-refractivity contribution in [1.82, 2.24) is 16.2 Å². The Morgan fingerprint density at radius 2 is 2.33 bits per heavy atom. The number of carbonyl (C=O) groups excluding carboxylic acids is 1. The molecular formula is C14H21N3O2S2. The van der Waals surface area contributed by atoms with Crippen LogP contribution in [0.1, 0.15) is 47.8 Å². The van der Waals surface area contributed by atoms with Crippen LogP contribution in [0.25, 0.3) is 0 Å². The first-order valence-corrected chi connectivity index (χ1v) is 8.39. The van der Waals surface area contributed by atoms with Crippen LogP contribution in [0.4, 0.5) is 0 Å². The summed E-state index contributed by atoms with van der Waals surface area (Å²) in [5, 5.41) is 5.30. The van der Waals surface area contributed by atoms with Crippen molar-refractivity contribution in [3.8, 4) is 0 Å². The van der Waals surface area contributed by atoms with Gasteiger partial charge in [-0.05, 0) is 37.0 Å². The molecule has 0 radical (unpaired) electrons. The van der Waals surface area contributed by atoms with Gasteiger partial charge >= 0.3 is 0 Å². The number of amides is 1. The molecule has 1 aromatic heterocycles. The van der Waals surface area contributed by atoms with Crippen LogP contribution >= 0.6 is 23.6 Å². The third kappa shape index (κ3) is 4.94. The highest BCUT2D eigenvalue weighted by Gasteiger charge is 2.15. The second-order valence-electron chi connectivity index (χ2n) is 5.32. The molecule has 3 N–H and O–H groups in total. The molecule has 0 aromatic carbocycles. The first-order chi connectivity index (χ1) is 10.1. The Labute approximate surface area is 134 Å². The fraction of sp³-hybridized carbons (Fsp3) is 0.571. The number of nitrogens with one attached hydrogen (secondary N) is 3. The molecule has 7 heteroatoms. The number of thiophene rings is 1. The average Bonchev–Trinajstić information content (AvgIpc) is 3.12. The van der Waals surface area contributed by atoms with Crippen molar-refractivity contribution in [2.24, 2.45) is 0 Å². The summed E-state index contributed by atoms with van der Waals surface area (Å²) >= 11 is 6.71. The smallest absolute Gasteiger partial charge is 0.270 e. The molecule has 1 amide bonds. The molecule has 1 aromatic rings. The first-order valence-electron chi connectivity index (χ1n) is 7.10. The highest BCUT2D eigenvalue weighted by molar-refractivity contribution is 7.80. The Bertz CT molecular complexity index is 496. The predicted molar refractivity (Wildman–Crippen MR) is 88.6 cm³/mol. The van der Waals surface area contributed by atoms with Gasteiger partial charge in [0.15, 0.2) is 5.11 Å². The van der Waals surface area contributed by atoms with E-state index in [0.29, 0.717) is 23.1 Å². The van der Waals surface area contributed by atoms with Gasteiger partial charge in [0.2, 0.25) is 0 Å². The summed E-state index contributed by atoms with van der Waals surface area (Å²) in [6, 6.07) is 1.91. The fourth-order valence-electron chi connectivity index (χ4n) is 2.02. The molecular weight excluding hydrogens is 306 g/mol. The third-order valence-corrected chi connectivity index (χ3v) is 4.73. The molecule has 1 atom stereocenters. The minimum absolute atomic E-state index is 0.181. The number of hydrogen-bond donors (Lipinski definition) is 3. The van der Waals surface area contributed by atoms with E-state index in [4.69, 9.17) is 17.0 Å². The summed E-state index contributed by atoms with van der Waals surface area (Å²) in [6.07, 6.45) is 2.36. The number of carbonyl (C=O) groups is 1. The van der Waals surface area contributed by atoms with Crippen LogP contribution in [-0.4, -0.2) is 30.3 Å². The number of hydrogen-bond acceptors (Lipinski definition) is 4. The molecule has 5 nitrogen and oxygen atoms in total. The van der Waals surface area contributed by atoms with E-state index in [1.54, 1.807) is 11.3 Å². The summed E-state index contributed by atoms with van der Waals surface area (Å²) in [7, 11) is 0. The molecule has 1 aliphatic heterocycles. The summed E-state index contributed by atoms with van der Waals surface area (Å²) in [5.41, 5.74) is 5.96. The van der Waals surface area contributed by atoms with E-state index in [1.807, 2.05) is 11.4 Å². The maximum Gasteiger partial charge on any atom is 0.270 e. The van der Waals surface area contributed by atoms with Crippen LogP contribution in [0.5, 0.6) is 0 Å². The highest BCUT2D eigenvalue weighted by atomic mass is 32.1. The SMILES string of the molecule is CC(C)c1cc(C(=O)NNC(=S)NCC2CCCO2)cs1. The van der Waals surface area contributed by atoms with Crippen LogP contribution in [0, 0.1) is 0 Å². The molecule has 0 saturated carbocycles. The van der Waals surface area contributed by atoms with Crippen LogP contribution < -0.4 is 16.2 Å². The van der Waals surface area contributed by atoms with Gasteiger partial charge in [0.1, 0.15) is 0 Å². The van der Waals surface area contributed by atoms with Crippen LogP contribution in [-0.2, 0) is 4.74 Å². The molecule has 1 unspecified atom stereocenters. The maximum atomic E-state index is 12.0. The van der Waals surface area contributed by atoms with E-state index in [2.05, 4.69) is 30.0 Å². The van der Waals surface area contributed by atoms with Crippen molar-refractivity contribution < 1.29 is 9.53 Å². The Morgan fingerprint density at radius 3 is 2.95 bits per heavy atom. The van der Waals surface area contributed by atoms with Gasteiger partial charge in [0.25, 0.3) is 5.91 Å². The molecule has 2 rings (SSSR count). The van der Waals surface area contributed by atoms with Crippen molar-refractivity contribution in [3.63, 3.8) is 0 Å². The molecule has 21 heavy (non-hydrogen) atoms. The van der Waals surface area contributed by atoms with Gasteiger partial charge in [-0.15, -0.1) is 11.3 Å².